The molecule has 5 N–H and O–H groups in total. The first-order chi connectivity index (χ1) is 30.8. The number of H-pyrrole nitrogens is 1. The Morgan fingerprint density at radius 3 is 2.48 bits per heavy atom. The summed E-state index contributed by atoms with van der Waals surface area (Å²) in [7, 11) is 3.05. The van der Waals surface area contributed by atoms with Gasteiger partial charge in [0.15, 0.2) is 5.69 Å². The molecule has 1 fully saturated rings. The molecular formula is C43H47FN14O5. The molecule has 1 atom stereocenters. The lowest BCUT2D eigenvalue weighted by Gasteiger charge is -2.34. The number of benzene rings is 3. The van der Waals surface area contributed by atoms with Crippen molar-refractivity contribution in [2.24, 2.45) is 0 Å². The molecule has 3 aromatic carbocycles. The third-order valence-corrected chi connectivity index (χ3v) is 9.97. The van der Waals surface area contributed by atoms with Crippen molar-refractivity contribution in [3.63, 3.8) is 0 Å². The van der Waals surface area contributed by atoms with Crippen LogP contribution in [0, 0.1) is 17.1 Å². The van der Waals surface area contributed by atoms with Crippen molar-refractivity contribution < 1.29 is 28.2 Å². The maximum atomic E-state index is 13.9. The molecule has 3 aromatic heterocycles. The maximum Gasteiger partial charge on any atom is 0.278 e. The SMILES string of the molecule is COCCOCCNC(=O)[C@H](Cc1ccc(C#N)cc1)Nc1nc(NCc2nc3ccc(F)cc3[nH]2)nc(Nc2cccc(CN3CCN(C(=O)c4nccnc4OC)CC3)c2)n1. The van der Waals surface area contributed by atoms with Crippen LogP contribution in [-0.2, 0) is 33.8 Å². The van der Waals surface area contributed by atoms with Crippen LogP contribution in [0.15, 0.2) is 79.1 Å². The van der Waals surface area contributed by atoms with E-state index in [9.17, 15) is 19.2 Å². The lowest BCUT2D eigenvalue weighted by molar-refractivity contribution is -0.122. The Kier molecular flexibility index (Phi) is 14.9. The van der Waals surface area contributed by atoms with Gasteiger partial charge < -0.3 is 45.4 Å². The molecule has 0 spiro atoms. The summed E-state index contributed by atoms with van der Waals surface area (Å²) in [6.07, 6.45) is 3.21. The molecule has 0 saturated carbocycles. The first-order valence-electron chi connectivity index (χ1n) is 20.2. The molecule has 0 unspecified atom stereocenters. The van der Waals surface area contributed by atoms with Crippen molar-refractivity contribution in [2.45, 2.75) is 25.6 Å². The van der Waals surface area contributed by atoms with Crippen LogP contribution in [0.5, 0.6) is 5.88 Å². The predicted molar refractivity (Wildman–Crippen MR) is 231 cm³/mol. The average molecular weight is 859 g/mol. The Hall–Kier alpha value is -7.34. The van der Waals surface area contributed by atoms with E-state index in [1.165, 1.54) is 31.6 Å². The van der Waals surface area contributed by atoms with E-state index in [2.05, 4.69) is 67.1 Å². The van der Waals surface area contributed by atoms with Gasteiger partial charge in [-0.05, 0) is 53.6 Å². The second-order valence-electron chi connectivity index (χ2n) is 14.4. The first kappa shape index (κ1) is 43.7. The topological polar surface area (TPSA) is 233 Å². The van der Waals surface area contributed by atoms with Crippen LogP contribution in [0.2, 0.25) is 0 Å². The number of anilines is 4. The number of amides is 2. The normalized spacial score (nSPS) is 13.3. The third kappa shape index (κ3) is 12.2. The zero-order chi connectivity index (χ0) is 44.0. The summed E-state index contributed by atoms with van der Waals surface area (Å²) in [6.45, 7) is 4.52. The average Bonchev–Trinajstić information content (AvgIpc) is 3.71. The predicted octanol–water partition coefficient (Wildman–Crippen LogP) is 3.67. The zero-order valence-electron chi connectivity index (χ0n) is 34.8. The zero-order valence-corrected chi connectivity index (χ0v) is 34.8. The lowest BCUT2D eigenvalue weighted by atomic mass is 10.0. The van der Waals surface area contributed by atoms with Crippen LogP contribution < -0.4 is 26.0 Å². The van der Waals surface area contributed by atoms with Gasteiger partial charge in [-0.1, -0.05) is 24.3 Å². The van der Waals surface area contributed by atoms with Gasteiger partial charge in [-0.3, -0.25) is 14.5 Å². The molecule has 19 nitrogen and oxygen atoms in total. The van der Waals surface area contributed by atoms with E-state index in [0.29, 0.717) is 74.0 Å². The summed E-state index contributed by atoms with van der Waals surface area (Å²) in [4.78, 5) is 60.8. The molecule has 20 heteroatoms. The summed E-state index contributed by atoms with van der Waals surface area (Å²) in [6, 6.07) is 20.4. The molecule has 1 aliphatic rings. The highest BCUT2D eigenvalue weighted by atomic mass is 19.1. The van der Waals surface area contributed by atoms with E-state index in [4.69, 9.17) is 14.2 Å². The second kappa shape index (κ2) is 21.4. The Morgan fingerprint density at radius 1 is 0.889 bits per heavy atom. The minimum atomic E-state index is -0.841. The van der Waals surface area contributed by atoms with Gasteiger partial charge in [-0.25, -0.2) is 19.3 Å². The number of piperazine rings is 1. The van der Waals surface area contributed by atoms with E-state index >= 15 is 0 Å². The van der Waals surface area contributed by atoms with E-state index < -0.39 is 6.04 Å². The number of aromatic nitrogens is 7. The number of carbonyl (C=O) groups excluding carboxylic acids is 2. The van der Waals surface area contributed by atoms with Gasteiger partial charge in [0, 0.05) is 70.9 Å². The Bertz CT molecular complexity index is 2530. The van der Waals surface area contributed by atoms with E-state index in [0.717, 1.165) is 11.1 Å². The number of ether oxygens (including phenoxy) is 3. The molecular weight excluding hydrogens is 812 g/mol. The van der Waals surface area contributed by atoms with Gasteiger partial charge in [0.05, 0.1) is 56.1 Å². The smallest absolute Gasteiger partial charge is 0.278 e. The molecule has 0 bridgehead atoms. The number of rotatable bonds is 20. The van der Waals surface area contributed by atoms with Crippen molar-refractivity contribution in [1.82, 2.24) is 50.0 Å². The van der Waals surface area contributed by atoms with Crippen LogP contribution in [0.3, 0.4) is 0 Å². The number of fused-ring (bicyclic) bond motifs is 1. The molecule has 1 aliphatic heterocycles. The van der Waals surface area contributed by atoms with E-state index in [-0.39, 0.29) is 73.2 Å². The largest absolute Gasteiger partial charge is 0.479 e. The van der Waals surface area contributed by atoms with E-state index in [1.807, 2.05) is 24.3 Å². The number of methoxy groups -OCH3 is 2. The molecule has 326 valence electrons. The Labute approximate surface area is 362 Å². The number of imidazole rings is 1. The molecule has 1 saturated heterocycles. The summed E-state index contributed by atoms with van der Waals surface area (Å²) < 4.78 is 29.7. The van der Waals surface area contributed by atoms with Crippen LogP contribution in [0.25, 0.3) is 11.0 Å². The summed E-state index contributed by atoms with van der Waals surface area (Å²) in [5.74, 6) is 0.274. The summed E-state index contributed by atoms with van der Waals surface area (Å²) in [5, 5.41) is 21.9. The fraction of sp³-hybridized carbons (Fsp3) is 0.326. The van der Waals surface area contributed by atoms with Gasteiger partial charge in [0.2, 0.25) is 29.6 Å². The minimum Gasteiger partial charge on any atom is -0.479 e. The lowest BCUT2D eigenvalue weighted by Crippen LogP contribution is -2.48. The molecule has 7 rings (SSSR count). The molecule has 63 heavy (non-hydrogen) atoms. The number of carbonyl (C=O) groups is 2. The van der Waals surface area contributed by atoms with Crippen molar-refractivity contribution in [3.8, 4) is 11.9 Å². The standard InChI is InChI=1S/C43H47FN14O5/c1-61-20-21-63-19-14-47-38(59)35(23-28-6-8-29(25-45)9-7-28)53-43-55-41(49-26-36-51-33-11-10-31(44)24-34(33)52-36)54-42(56-43)50-32-5-3-4-30(22-32)27-57-15-17-58(18-16-57)40(60)37-39(62-2)48-13-12-46-37/h3-13,22,24,35H,14-21,23,26-27H2,1-2H3,(H,47,59)(H,51,52)(H3,49,50,53,54,55,56)/t35-/m0/s1. The number of halogens is 1. The molecule has 6 aromatic rings. The molecule has 0 aliphatic carbocycles. The van der Waals surface area contributed by atoms with Crippen molar-refractivity contribution >= 4 is 46.4 Å². The summed E-state index contributed by atoms with van der Waals surface area (Å²) >= 11 is 0. The molecule has 0 radical (unpaired) electrons. The minimum absolute atomic E-state index is 0.106. The number of hydrogen-bond donors (Lipinski definition) is 5. The summed E-state index contributed by atoms with van der Waals surface area (Å²) in [5.41, 5.74) is 4.38. The van der Waals surface area contributed by atoms with E-state index in [1.54, 1.807) is 42.3 Å². The number of nitriles is 1. The Morgan fingerprint density at radius 2 is 1.68 bits per heavy atom. The quantitative estimate of drug-likeness (QED) is 0.0689. The van der Waals surface area contributed by atoms with Gasteiger partial charge >= 0.3 is 0 Å². The second-order valence-corrected chi connectivity index (χ2v) is 14.4. The number of aromatic amines is 1. The molecule has 2 amide bonds. The third-order valence-electron chi connectivity index (χ3n) is 9.97. The highest BCUT2D eigenvalue weighted by Crippen LogP contribution is 2.22. The number of hydrogen-bond acceptors (Lipinski definition) is 16. The maximum absolute atomic E-state index is 13.9. The highest BCUT2D eigenvalue weighted by molar-refractivity contribution is 5.94. The number of nitrogens with one attached hydrogen (secondary N) is 5. The fourth-order valence-electron chi connectivity index (χ4n) is 6.80. The van der Waals surface area contributed by atoms with Crippen molar-refractivity contribution in [2.75, 3.05) is 82.7 Å². The van der Waals surface area contributed by atoms with Crippen LogP contribution in [0.4, 0.5) is 27.9 Å². The van der Waals surface area contributed by atoms with Gasteiger partial charge in [0.1, 0.15) is 17.7 Å². The van der Waals surface area contributed by atoms with Crippen molar-refractivity contribution in [3.05, 3.63) is 113 Å². The van der Waals surface area contributed by atoms with Crippen molar-refractivity contribution in [1.29, 1.82) is 5.26 Å². The highest BCUT2D eigenvalue weighted by Gasteiger charge is 2.26. The first-order valence-corrected chi connectivity index (χ1v) is 20.2. The fourth-order valence-corrected chi connectivity index (χ4v) is 6.80. The van der Waals surface area contributed by atoms with Crippen LogP contribution in [0.1, 0.15) is 33.0 Å². The van der Waals surface area contributed by atoms with Gasteiger partial charge in [-0.2, -0.15) is 20.2 Å². The van der Waals surface area contributed by atoms with Gasteiger partial charge in [0.25, 0.3) is 5.91 Å². The number of nitrogens with zero attached hydrogens (tertiary/aromatic N) is 9. The van der Waals surface area contributed by atoms with Crippen LogP contribution in [-0.4, -0.2) is 129 Å². The van der Waals surface area contributed by atoms with Crippen LogP contribution >= 0.6 is 0 Å². The monoisotopic (exact) mass is 858 g/mol. The Balaban J connectivity index is 1.08. The van der Waals surface area contributed by atoms with Gasteiger partial charge in [-0.15, -0.1) is 0 Å². The molecule has 4 heterocycles.